The van der Waals surface area contributed by atoms with Crippen molar-refractivity contribution in [3.8, 4) is 44.8 Å². The monoisotopic (exact) mass is 974 g/mol. The Balaban J connectivity index is 0.000000186. The molecule has 9 aromatic carbocycles. The van der Waals surface area contributed by atoms with Crippen molar-refractivity contribution < 1.29 is 16.8 Å². The molecule has 0 N–H and O–H groups in total. The van der Waals surface area contributed by atoms with Crippen LogP contribution in [-0.4, -0.2) is 35.9 Å². The molecule has 0 atom stereocenters. The third-order valence-electron chi connectivity index (χ3n) is 13.1. The topological polar surface area (TPSA) is 104 Å². The Morgan fingerprint density at radius 3 is 1.37 bits per heavy atom. The molecule has 4 heterocycles. The summed E-state index contributed by atoms with van der Waals surface area (Å²) in [5, 5.41) is 4.40. The van der Waals surface area contributed by atoms with Gasteiger partial charge in [0.05, 0.1) is 53.0 Å². The summed E-state index contributed by atoms with van der Waals surface area (Å²) in [6.07, 6.45) is 1.43. The number of fused-ring (bicyclic) bond motifs is 6. The number of rotatable bonds is 5. The number of halogens is 1. The molecule has 2 aliphatic heterocycles. The van der Waals surface area contributed by atoms with Crippen LogP contribution in [0.15, 0.2) is 200 Å². The minimum Gasteiger partial charge on any atom is -0.294 e. The first-order chi connectivity index (χ1) is 32.6. The second-order valence-corrected chi connectivity index (χ2v) is 21.5. The van der Waals surface area contributed by atoms with Crippen molar-refractivity contribution in [3.63, 3.8) is 0 Å². The predicted octanol–water partition coefficient (Wildman–Crippen LogP) is 13.5. The molecule has 0 bridgehead atoms. The lowest BCUT2D eigenvalue weighted by atomic mass is 9.85. The van der Waals surface area contributed by atoms with Gasteiger partial charge in [-0.05, 0) is 116 Å². The van der Waals surface area contributed by atoms with Gasteiger partial charge in [0.2, 0.25) is 19.7 Å². The minimum absolute atomic E-state index is 0.310. The zero-order chi connectivity index (χ0) is 45.8. The van der Waals surface area contributed by atoms with Gasteiger partial charge in [0.25, 0.3) is 0 Å². The van der Waals surface area contributed by atoms with Gasteiger partial charge in [-0.2, -0.15) is 0 Å². The van der Waals surface area contributed by atoms with E-state index in [4.69, 9.17) is 4.98 Å². The minimum atomic E-state index is -3.78. The van der Waals surface area contributed by atoms with Crippen LogP contribution < -0.4 is 0 Å². The fraction of sp³-hybridized carbons (Fsp3) is 0.0714. The molecule has 0 saturated heterocycles. The van der Waals surface area contributed by atoms with Gasteiger partial charge in [-0.15, -0.1) is 0 Å². The molecule has 0 amide bonds. The van der Waals surface area contributed by atoms with Gasteiger partial charge in [-0.1, -0.05) is 145 Å². The molecule has 8 nitrogen and oxygen atoms in total. The van der Waals surface area contributed by atoms with Crippen LogP contribution in [0.1, 0.15) is 25.5 Å². The molecular weight excluding hydrogens is 937 g/mol. The van der Waals surface area contributed by atoms with Gasteiger partial charge < -0.3 is 0 Å². The van der Waals surface area contributed by atoms with Crippen molar-refractivity contribution in [2.24, 2.45) is 0 Å². The van der Waals surface area contributed by atoms with Crippen LogP contribution in [0.3, 0.4) is 0 Å². The maximum atomic E-state index is 14.2. The second-order valence-electron chi connectivity index (χ2n) is 16.8. The highest BCUT2D eigenvalue weighted by Crippen LogP contribution is 2.47. The lowest BCUT2D eigenvalue weighted by molar-refractivity contribution is 0.592. The first kappa shape index (κ1) is 41.3. The van der Waals surface area contributed by atoms with Crippen LogP contribution in [0.4, 0.5) is 0 Å². The lowest BCUT2D eigenvalue weighted by Gasteiger charge is -2.23. The van der Waals surface area contributed by atoms with E-state index in [2.05, 4.69) is 131 Å². The maximum Gasteiger partial charge on any atom is 0.210 e. The summed E-state index contributed by atoms with van der Waals surface area (Å²) in [6, 6.07) is 58.0. The SMILES string of the molecule is CCc1nc2cccc3c2n1-c1ccc(-c2c4ccccc4c(-c4cccc(-c5ccccc5)c4)c4ccccc24)cc1S3(=O)=O.CCc1nc2cccc3c2n1-c1ccc(Br)cc1S3(=O)=O. The lowest BCUT2D eigenvalue weighted by Crippen LogP contribution is -2.16. The average molecular weight is 976 g/mol. The van der Waals surface area contributed by atoms with E-state index < -0.39 is 19.7 Å². The van der Waals surface area contributed by atoms with Crippen molar-refractivity contribution in [1.82, 2.24) is 19.1 Å². The molecule has 67 heavy (non-hydrogen) atoms. The number of aryl methyl sites for hydroxylation is 2. The van der Waals surface area contributed by atoms with Crippen LogP contribution in [-0.2, 0) is 32.5 Å². The van der Waals surface area contributed by atoms with Crippen molar-refractivity contribution in [3.05, 3.63) is 192 Å². The van der Waals surface area contributed by atoms with Crippen LogP contribution in [0.2, 0.25) is 0 Å². The Kier molecular flexibility index (Phi) is 9.52. The third kappa shape index (κ3) is 6.21. The number of sulfone groups is 2. The summed E-state index contributed by atoms with van der Waals surface area (Å²) in [7, 11) is -7.30. The molecule has 0 saturated carbocycles. The van der Waals surface area contributed by atoms with Gasteiger partial charge in [0.1, 0.15) is 11.6 Å². The van der Waals surface area contributed by atoms with E-state index in [1.54, 1.807) is 30.3 Å². The smallest absolute Gasteiger partial charge is 0.210 e. The number of nitrogens with zero attached hydrogens (tertiary/aromatic N) is 4. The highest BCUT2D eigenvalue weighted by atomic mass is 79.9. The second kappa shape index (κ2) is 15.4. The number of aromatic nitrogens is 4. The van der Waals surface area contributed by atoms with Crippen molar-refractivity contribution >= 4 is 79.2 Å². The largest absolute Gasteiger partial charge is 0.294 e. The normalized spacial score (nSPS) is 13.9. The summed E-state index contributed by atoms with van der Waals surface area (Å²) < 4.78 is 59.0. The van der Waals surface area contributed by atoms with Gasteiger partial charge in [-0.25, -0.2) is 26.8 Å². The van der Waals surface area contributed by atoms with E-state index >= 15 is 0 Å². The average Bonchev–Trinajstić information content (AvgIpc) is 3.94. The van der Waals surface area contributed by atoms with Gasteiger partial charge in [0.15, 0.2) is 0 Å². The zero-order valence-corrected chi connectivity index (χ0v) is 39.5. The number of para-hydroxylation sites is 2. The standard InChI is InChI=1S/C41H28N2O2S.C15H11BrN2O2S/c1-2-38-42-34-20-11-21-36-41(34)43(38)35-23-22-29(25-37(35)46(36,44)45)40-32-18-8-6-16-30(32)39(31-17-7-9-19-33(31)40)28-15-10-14-27(24-28)26-12-4-3-5-13-26;1-2-14-17-10-4-3-5-12-15(10)18(14)11-7-6-9(16)8-13(11)21(12,19)20/h3-25H,2H2,1H3;3-8H,2H2,1H3. The van der Waals surface area contributed by atoms with E-state index in [0.29, 0.717) is 53.9 Å². The molecule has 11 aromatic rings. The quantitative estimate of drug-likeness (QED) is 0.159. The van der Waals surface area contributed by atoms with E-state index in [9.17, 15) is 16.8 Å². The van der Waals surface area contributed by atoms with Gasteiger partial charge in [-0.3, -0.25) is 9.13 Å². The molecule has 2 aromatic heterocycles. The van der Waals surface area contributed by atoms with Crippen molar-refractivity contribution in [2.45, 2.75) is 46.3 Å². The number of benzene rings is 9. The Morgan fingerprint density at radius 1 is 0.418 bits per heavy atom. The van der Waals surface area contributed by atoms with E-state index in [-0.39, 0.29) is 0 Å². The number of imidazole rings is 2. The summed E-state index contributed by atoms with van der Waals surface area (Å²) in [4.78, 5) is 10.6. The molecule has 13 rings (SSSR count). The molecule has 11 heteroatoms. The van der Waals surface area contributed by atoms with E-state index in [0.717, 1.165) is 71.9 Å². The fourth-order valence-corrected chi connectivity index (χ4v) is 14.0. The Labute approximate surface area is 395 Å². The molecule has 0 unspecified atom stereocenters. The summed E-state index contributed by atoms with van der Waals surface area (Å²) >= 11 is 3.36. The third-order valence-corrected chi connectivity index (χ3v) is 17.2. The van der Waals surface area contributed by atoms with Gasteiger partial charge in [0, 0.05) is 17.3 Å². The van der Waals surface area contributed by atoms with E-state index in [1.807, 2.05) is 58.5 Å². The van der Waals surface area contributed by atoms with Gasteiger partial charge >= 0.3 is 0 Å². The summed E-state index contributed by atoms with van der Waals surface area (Å²) in [6.45, 7) is 4.07. The van der Waals surface area contributed by atoms with Crippen LogP contribution >= 0.6 is 15.9 Å². The molecule has 2 aliphatic rings. The highest BCUT2D eigenvalue weighted by molar-refractivity contribution is 9.10. The summed E-state index contributed by atoms with van der Waals surface area (Å²) in [5.41, 5.74) is 10.6. The number of hydrogen-bond donors (Lipinski definition) is 0. The summed E-state index contributed by atoms with van der Waals surface area (Å²) in [5.74, 6) is 1.72. The zero-order valence-electron chi connectivity index (χ0n) is 36.3. The Morgan fingerprint density at radius 2 is 0.851 bits per heavy atom. The molecular formula is C56H39BrN4O4S2. The predicted molar refractivity (Wildman–Crippen MR) is 271 cm³/mol. The molecule has 0 fully saturated rings. The molecule has 326 valence electrons. The van der Waals surface area contributed by atoms with Crippen LogP contribution in [0.25, 0.3) is 88.4 Å². The maximum absolute atomic E-state index is 14.2. The Bertz CT molecular complexity index is 4070. The first-order valence-electron chi connectivity index (χ1n) is 22.1. The molecule has 0 spiro atoms. The van der Waals surface area contributed by atoms with Crippen LogP contribution in [0, 0.1) is 0 Å². The number of hydrogen-bond acceptors (Lipinski definition) is 6. The van der Waals surface area contributed by atoms with Crippen molar-refractivity contribution in [2.75, 3.05) is 0 Å². The van der Waals surface area contributed by atoms with Crippen LogP contribution in [0.5, 0.6) is 0 Å². The molecule has 0 radical (unpaired) electrons. The first-order valence-corrected chi connectivity index (χ1v) is 25.9. The van der Waals surface area contributed by atoms with E-state index in [1.165, 1.54) is 11.1 Å². The Hall–Kier alpha value is -7.18. The fourth-order valence-electron chi connectivity index (χ4n) is 10.1. The van der Waals surface area contributed by atoms with Crippen molar-refractivity contribution in [1.29, 1.82) is 0 Å². The molecule has 0 aliphatic carbocycles. The highest BCUT2D eigenvalue weighted by Gasteiger charge is 2.35.